The van der Waals surface area contributed by atoms with Gasteiger partial charge in [-0.3, -0.25) is 14.5 Å². The lowest BCUT2D eigenvalue weighted by atomic mass is 10.1. The van der Waals surface area contributed by atoms with Crippen LogP contribution in [0, 0.1) is 0 Å². The molecule has 150 valence electrons. The summed E-state index contributed by atoms with van der Waals surface area (Å²) in [6, 6.07) is 9.83. The molecular weight excluding hydrogens is 414 g/mol. The van der Waals surface area contributed by atoms with Crippen LogP contribution in [-0.2, 0) is 20.8 Å². The Morgan fingerprint density at radius 3 is 2.48 bits per heavy atom. The highest BCUT2D eigenvalue weighted by Crippen LogP contribution is 2.35. The number of nitrogens with zero attached hydrogens (tertiary/aromatic N) is 1. The van der Waals surface area contributed by atoms with E-state index in [4.69, 9.17) is 21.7 Å². The Morgan fingerprint density at radius 2 is 1.90 bits per heavy atom. The topological polar surface area (TPSA) is 108 Å². The zero-order valence-electron chi connectivity index (χ0n) is 15.3. The summed E-state index contributed by atoms with van der Waals surface area (Å²) in [6.45, 7) is 2.07. The van der Waals surface area contributed by atoms with E-state index in [0.29, 0.717) is 11.5 Å². The average Bonchev–Trinajstić information content (AvgIpc) is 3.25. The maximum absolute atomic E-state index is 12.6. The number of benzene rings is 1. The Kier molecular flexibility index (Phi) is 6.19. The molecule has 29 heavy (non-hydrogen) atoms. The number of carbonyl (C=O) groups is 3. The zero-order chi connectivity index (χ0) is 21.1. The number of carbonyl (C=O) groups excluding carboxylic acids is 1. The molecule has 0 bridgehead atoms. The minimum Gasteiger partial charge on any atom is -0.481 e. The van der Waals surface area contributed by atoms with Crippen LogP contribution in [0.25, 0.3) is 17.4 Å². The largest absolute Gasteiger partial charge is 0.481 e. The second-order valence-electron chi connectivity index (χ2n) is 6.26. The first kappa shape index (κ1) is 20.8. The number of carboxylic acids is 2. The Morgan fingerprint density at radius 1 is 1.21 bits per heavy atom. The van der Waals surface area contributed by atoms with E-state index in [9.17, 15) is 19.5 Å². The molecule has 7 nitrogen and oxygen atoms in total. The fourth-order valence-corrected chi connectivity index (χ4v) is 4.16. The second-order valence-corrected chi connectivity index (χ2v) is 7.93. The van der Waals surface area contributed by atoms with Gasteiger partial charge in [0, 0.05) is 11.6 Å². The molecule has 0 radical (unpaired) electrons. The Hall–Kier alpha value is -2.91. The first-order valence-corrected chi connectivity index (χ1v) is 9.93. The van der Waals surface area contributed by atoms with Gasteiger partial charge in [-0.2, -0.15) is 0 Å². The molecule has 1 aliphatic heterocycles. The monoisotopic (exact) mass is 431 g/mol. The highest BCUT2D eigenvalue weighted by molar-refractivity contribution is 8.26. The van der Waals surface area contributed by atoms with E-state index in [2.05, 4.69) is 6.92 Å². The van der Waals surface area contributed by atoms with Gasteiger partial charge in [-0.25, -0.2) is 4.79 Å². The number of hydrogen-bond acceptors (Lipinski definition) is 6. The fourth-order valence-electron chi connectivity index (χ4n) is 2.82. The Balaban J connectivity index is 1.83. The highest BCUT2D eigenvalue weighted by Gasteiger charge is 2.41. The van der Waals surface area contributed by atoms with Gasteiger partial charge < -0.3 is 14.6 Å². The van der Waals surface area contributed by atoms with Crippen LogP contribution in [-0.4, -0.2) is 43.3 Å². The third kappa shape index (κ3) is 4.57. The van der Waals surface area contributed by atoms with E-state index in [1.54, 1.807) is 12.1 Å². The summed E-state index contributed by atoms with van der Waals surface area (Å²) in [4.78, 5) is 36.0. The third-order valence-electron chi connectivity index (χ3n) is 4.34. The van der Waals surface area contributed by atoms with Gasteiger partial charge in [0.25, 0.3) is 5.91 Å². The molecule has 1 aromatic carbocycles. The number of aliphatic carboxylic acids is 2. The Labute approximate surface area is 176 Å². The van der Waals surface area contributed by atoms with Crippen LogP contribution < -0.4 is 0 Å². The van der Waals surface area contributed by atoms with E-state index >= 15 is 0 Å². The molecule has 1 aromatic heterocycles. The lowest BCUT2D eigenvalue weighted by Crippen LogP contribution is -2.45. The molecule has 0 spiro atoms. The number of thioether (sulfide) groups is 1. The molecular formula is C20H17NO6S2. The van der Waals surface area contributed by atoms with Gasteiger partial charge in [-0.05, 0) is 24.1 Å². The number of aryl methyl sites for hydroxylation is 1. The molecule has 1 fully saturated rings. The second kappa shape index (κ2) is 8.62. The Bertz CT molecular complexity index is 1010. The van der Waals surface area contributed by atoms with Crippen molar-refractivity contribution in [1.82, 2.24) is 4.90 Å². The summed E-state index contributed by atoms with van der Waals surface area (Å²) in [5, 5.41) is 18.2. The summed E-state index contributed by atoms with van der Waals surface area (Å²) in [5.41, 5.74) is 2.10. The summed E-state index contributed by atoms with van der Waals surface area (Å²) in [6.07, 6.45) is 1.67. The number of carboxylic acid groups (broad SMARTS) is 2. The van der Waals surface area contributed by atoms with E-state index in [0.717, 1.165) is 28.6 Å². The van der Waals surface area contributed by atoms with Crippen LogP contribution in [0.15, 0.2) is 45.7 Å². The van der Waals surface area contributed by atoms with Gasteiger partial charge in [-0.15, -0.1) is 0 Å². The molecule has 2 N–H and O–H groups in total. The SMILES string of the molecule is CCc1ccc(-c2ccc(/C=C3\SC(=S)N([C@@H](CC(=O)O)C(=O)O)C3=O)o2)cc1. The molecule has 1 saturated heterocycles. The van der Waals surface area contributed by atoms with Gasteiger partial charge in [0.05, 0.1) is 11.3 Å². The number of amides is 1. The minimum absolute atomic E-state index is 0.00293. The predicted molar refractivity (Wildman–Crippen MR) is 112 cm³/mol. The van der Waals surface area contributed by atoms with Gasteiger partial charge >= 0.3 is 11.9 Å². The molecule has 0 unspecified atom stereocenters. The van der Waals surface area contributed by atoms with Gasteiger partial charge in [0.15, 0.2) is 0 Å². The van der Waals surface area contributed by atoms with Crippen molar-refractivity contribution in [3.63, 3.8) is 0 Å². The van der Waals surface area contributed by atoms with Crippen LogP contribution in [0.2, 0.25) is 0 Å². The predicted octanol–water partition coefficient (Wildman–Crippen LogP) is 3.64. The van der Waals surface area contributed by atoms with Crippen molar-refractivity contribution in [1.29, 1.82) is 0 Å². The van der Waals surface area contributed by atoms with Crippen molar-refractivity contribution in [2.45, 2.75) is 25.8 Å². The van der Waals surface area contributed by atoms with Crippen molar-refractivity contribution >= 4 is 52.2 Å². The number of hydrogen-bond donors (Lipinski definition) is 2. The van der Waals surface area contributed by atoms with Crippen molar-refractivity contribution in [2.24, 2.45) is 0 Å². The minimum atomic E-state index is -1.56. The number of rotatable bonds is 7. The molecule has 0 aliphatic carbocycles. The molecule has 2 aromatic rings. The van der Waals surface area contributed by atoms with Gasteiger partial charge in [0.1, 0.15) is 21.9 Å². The summed E-state index contributed by atoms with van der Waals surface area (Å²) >= 11 is 6.02. The average molecular weight is 431 g/mol. The van der Waals surface area contributed by atoms with E-state index in [1.165, 1.54) is 11.6 Å². The van der Waals surface area contributed by atoms with E-state index < -0.39 is 30.3 Å². The molecule has 0 saturated carbocycles. The molecule has 9 heteroatoms. The first-order chi connectivity index (χ1) is 13.8. The van der Waals surface area contributed by atoms with E-state index in [1.807, 2.05) is 24.3 Å². The number of furan rings is 1. The van der Waals surface area contributed by atoms with Gasteiger partial charge in [-0.1, -0.05) is 55.2 Å². The molecule has 2 heterocycles. The normalized spacial score (nSPS) is 16.4. The van der Waals surface area contributed by atoms with Gasteiger partial charge in [0.2, 0.25) is 0 Å². The van der Waals surface area contributed by atoms with E-state index in [-0.39, 0.29) is 9.23 Å². The summed E-state index contributed by atoms with van der Waals surface area (Å²) < 4.78 is 5.78. The first-order valence-electron chi connectivity index (χ1n) is 8.71. The van der Waals surface area contributed by atoms with Crippen LogP contribution in [0.3, 0.4) is 0 Å². The van der Waals surface area contributed by atoms with Crippen LogP contribution in [0.5, 0.6) is 0 Å². The van der Waals surface area contributed by atoms with Crippen molar-refractivity contribution in [3.05, 3.63) is 52.6 Å². The maximum atomic E-state index is 12.6. The molecule has 1 aliphatic rings. The summed E-state index contributed by atoms with van der Waals surface area (Å²) in [7, 11) is 0. The van der Waals surface area contributed by atoms with Crippen molar-refractivity contribution in [3.8, 4) is 11.3 Å². The van der Waals surface area contributed by atoms with Crippen molar-refractivity contribution in [2.75, 3.05) is 0 Å². The molecule has 3 rings (SSSR count). The summed E-state index contributed by atoms with van der Waals surface area (Å²) in [5.74, 6) is -2.38. The molecule has 1 amide bonds. The fraction of sp³-hybridized carbons (Fsp3) is 0.200. The lowest BCUT2D eigenvalue weighted by molar-refractivity contribution is -0.150. The highest BCUT2D eigenvalue weighted by atomic mass is 32.2. The van der Waals surface area contributed by atoms with Crippen LogP contribution >= 0.6 is 24.0 Å². The number of thiocarbonyl (C=S) groups is 1. The lowest BCUT2D eigenvalue weighted by Gasteiger charge is -2.21. The van der Waals surface area contributed by atoms with Crippen molar-refractivity contribution < 1.29 is 29.0 Å². The standard InChI is InChI=1S/C20H17NO6S2/c1-2-11-3-5-12(6-4-11)15-8-7-13(27-15)9-16-18(24)21(20(28)29-16)14(19(25)26)10-17(22)23/h3-9,14H,2,10H2,1H3,(H,22,23)(H,25,26)/b16-9-/t14-/m0/s1. The smallest absolute Gasteiger partial charge is 0.327 e. The third-order valence-corrected chi connectivity index (χ3v) is 5.67. The maximum Gasteiger partial charge on any atom is 0.327 e. The molecule has 1 atom stereocenters. The van der Waals surface area contributed by atoms with Crippen LogP contribution in [0.4, 0.5) is 0 Å². The quantitative estimate of drug-likeness (QED) is 0.505. The zero-order valence-corrected chi connectivity index (χ0v) is 17.0. The van der Waals surface area contributed by atoms with Crippen LogP contribution in [0.1, 0.15) is 24.7 Å².